The number of aryl methyl sites for hydroxylation is 1. The first kappa shape index (κ1) is 26.9. The monoisotopic (exact) mass is 557 g/mol. The molecule has 1 fully saturated rings. The molecule has 0 bridgehead atoms. The Morgan fingerprint density at radius 3 is 2.63 bits per heavy atom. The average Bonchev–Trinajstić information content (AvgIpc) is 3.27. The summed E-state index contributed by atoms with van der Waals surface area (Å²) in [5, 5.41) is 3.69. The number of benzene rings is 1. The Bertz CT molecular complexity index is 1400. The SMILES string of the molecule is Cn1c(=O)n(COCC[Si](C)(C)C)c2cc(OCCN3CCC4(CC3)C(=O)Nc3ccc(Cl)cc34)cnc21. The molecule has 0 saturated carbocycles. The molecule has 3 aromatic rings. The minimum Gasteiger partial charge on any atom is -0.491 e. The Kier molecular flexibility index (Phi) is 7.43. The Hall–Kier alpha value is -2.66. The number of ether oxygens (including phenoxy) is 2. The molecule has 11 heteroatoms. The Balaban J connectivity index is 1.18. The summed E-state index contributed by atoms with van der Waals surface area (Å²) < 4.78 is 15.0. The van der Waals surface area contributed by atoms with Crippen LogP contribution in [0, 0.1) is 0 Å². The number of nitrogens with one attached hydrogen (secondary N) is 1. The van der Waals surface area contributed by atoms with Gasteiger partial charge in [-0.05, 0) is 55.7 Å². The van der Waals surface area contributed by atoms with Gasteiger partial charge in [0.25, 0.3) is 0 Å². The fourth-order valence-corrected chi connectivity index (χ4v) is 6.26. The molecule has 1 saturated heterocycles. The van der Waals surface area contributed by atoms with Crippen LogP contribution in [-0.2, 0) is 28.7 Å². The Morgan fingerprint density at radius 1 is 1.13 bits per heavy atom. The summed E-state index contributed by atoms with van der Waals surface area (Å²) in [6.07, 6.45) is 3.15. The summed E-state index contributed by atoms with van der Waals surface area (Å²) in [5.41, 5.74) is 2.54. The summed E-state index contributed by atoms with van der Waals surface area (Å²) in [6, 6.07) is 8.54. The van der Waals surface area contributed by atoms with Crippen molar-refractivity contribution >= 4 is 42.4 Å². The maximum atomic E-state index is 12.9. The minimum absolute atomic E-state index is 0.0726. The van der Waals surface area contributed by atoms with Gasteiger partial charge in [0.15, 0.2) is 5.65 Å². The van der Waals surface area contributed by atoms with E-state index in [1.54, 1.807) is 17.8 Å². The average molecular weight is 558 g/mol. The van der Waals surface area contributed by atoms with Gasteiger partial charge in [-0.3, -0.25) is 18.8 Å². The molecule has 1 spiro atoms. The number of likely N-dealkylation sites (tertiary alicyclic amines) is 1. The molecule has 1 aromatic carbocycles. The van der Waals surface area contributed by atoms with E-state index in [0.29, 0.717) is 35.1 Å². The largest absolute Gasteiger partial charge is 0.491 e. The van der Waals surface area contributed by atoms with E-state index in [1.807, 2.05) is 24.3 Å². The molecule has 9 nitrogen and oxygen atoms in total. The Morgan fingerprint density at radius 2 is 1.89 bits per heavy atom. The highest BCUT2D eigenvalue weighted by Crippen LogP contribution is 2.45. The van der Waals surface area contributed by atoms with Gasteiger partial charge in [0.2, 0.25) is 5.91 Å². The molecule has 1 N–H and O–H groups in total. The van der Waals surface area contributed by atoms with Gasteiger partial charge >= 0.3 is 5.69 Å². The zero-order valence-electron chi connectivity index (χ0n) is 22.6. The minimum atomic E-state index is -1.21. The number of hydrogen-bond donors (Lipinski definition) is 1. The van der Waals surface area contributed by atoms with Crippen molar-refractivity contribution in [3.05, 3.63) is 51.5 Å². The quantitative estimate of drug-likeness (QED) is 0.315. The smallest absolute Gasteiger partial charge is 0.331 e. The van der Waals surface area contributed by atoms with Gasteiger partial charge in [-0.2, -0.15) is 0 Å². The Labute approximate surface area is 228 Å². The number of anilines is 1. The second-order valence-electron chi connectivity index (χ2n) is 11.5. The number of fused-ring (bicyclic) bond motifs is 3. The van der Waals surface area contributed by atoms with Crippen molar-refractivity contribution in [2.75, 3.05) is 38.2 Å². The third kappa shape index (κ3) is 5.27. The number of carbonyl (C=O) groups excluding carboxylic acids is 1. The lowest BCUT2D eigenvalue weighted by Gasteiger charge is -2.37. The van der Waals surface area contributed by atoms with E-state index in [-0.39, 0.29) is 18.3 Å². The number of imidazole rings is 1. The highest BCUT2D eigenvalue weighted by molar-refractivity contribution is 6.76. The number of carbonyl (C=O) groups is 1. The standard InChI is InChI=1S/C27H36ClN5O4Si/c1-31-24-23(33(26(31)35)18-36-13-14-38(2,3)4)16-20(17-29-24)37-12-11-32-9-7-27(8-10-32)21-15-19(28)5-6-22(21)30-25(27)34/h5-6,15-17H,7-14,18H2,1-4H3,(H,30,34). The highest BCUT2D eigenvalue weighted by atomic mass is 35.5. The molecular weight excluding hydrogens is 522 g/mol. The fraction of sp³-hybridized carbons (Fsp3) is 0.519. The maximum absolute atomic E-state index is 12.9. The molecule has 5 rings (SSSR count). The van der Waals surface area contributed by atoms with Gasteiger partial charge in [0, 0.05) is 45.0 Å². The normalized spacial score (nSPS) is 17.2. The van der Waals surface area contributed by atoms with E-state index >= 15 is 0 Å². The summed E-state index contributed by atoms with van der Waals surface area (Å²) in [5.74, 6) is 0.689. The van der Waals surface area contributed by atoms with E-state index < -0.39 is 13.5 Å². The van der Waals surface area contributed by atoms with Crippen molar-refractivity contribution < 1.29 is 14.3 Å². The van der Waals surface area contributed by atoms with Crippen LogP contribution in [0.3, 0.4) is 0 Å². The molecule has 0 radical (unpaired) electrons. The molecule has 4 heterocycles. The number of rotatable bonds is 9. The zero-order chi connectivity index (χ0) is 27.1. The lowest BCUT2D eigenvalue weighted by Crippen LogP contribution is -2.47. The van der Waals surface area contributed by atoms with E-state index in [2.05, 4.69) is 34.8 Å². The van der Waals surface area contributed by atoms with Crippen LogP contribution in [0.5, 0.6) is 5.75 Å². The summed E-state index contributed by atoms with van der Waals surface area (Å²) in [6.45, 7) is 10.6. The molecule has 0 atom stereocenters. The third-order valence-electron chi connectivity index (χ3n) is 7.73. The van der Waals surface area contributed by atoms with Crippen LogP contribution in [0.15, 0.2) is 35.3 Å². The number of hydrogen-bond acceptors (Lipinski definition) is 6. The molecule has 0 aliphatic carbocycles. The van der Waals surface area contributed by atoms with Crippen LogP contribution in [0.1, 0.15) is 18.4 Å². The fourth-order valence-electron chi connectivity index (χ4n) is 5.33. The van der Waals surface area contributed by atoms with E-state index in [0.717, 1.165) is 49.8 Å². The number of amides is 1. The first-order valence-electron chi connectivity index (χ1n) is 13.2. The molecule has 2 aliphatic rings. The lowest BCUT2D eigenvalue weighted by molar-refractivity contribution is -0.122. The van der Waals surface area contributed by atoms with Gasteiger partial charge in [-0.25, -0.2) is 9.78 Å². The predicted molar refractivity (Wildman–Crippen MR) is 152 cm³/mol. The van der Waals surface area contributed by atoms with E-state index in [9.17, 15) is 9.59 Å². The van der Waals surface area contributed by atoms with Crippen LogP contribution in [0.4, 0.5) is 5.69 Å². The van der Waals surface area contributed by atoms with E-state index in [1.165, 1.54) is 4.57 Å². The third-order valence-corrected chi connectivity index (χ3v) is 9.67. The van der Waals surface area contributed by atoms with Crippen molar-refractivity contribution in [3.8, 4) is 5.75 Å². The first-order chi connectivity index (χ1) is 18.1. The summed E-state index contributed by atoms with van der Waals surface area (Å²) >= 11 is 6.24. The van der Waals surface area contributed by atoms with Crippen molar-refractivity contribution in [1.29, 1.82) is 0 Å². The summed E-state index contributed by atoms with van der Waals surface area (Å²) in [4.78, 5) is 32.4. The van der Waals surface area contributed by atoms with Gasteiger partial charge in [-0.15, -0.1) is 0 Å². The number of pyridine rings is 1. The van der Waals surface area contributed by atoms with Gasteiger partial charge in [0.05, 0.1) is 17.1 Å². The van der Waals surface area contributed by atoms with Gasteiger partial charge < -0.3 is 14.8 Å². The molecule has 0 unspecified atom stereocenters. The second kappa shape index (κ2) is 10.5. The predicted octanol–water partition coefficient (Wildman–Crippen LogP) is 4.07. The molecular formula is C27H36ClN5O4Si. The van der Waals surface area contributed by atoms with Crippen LogP contribution < -0.4 is 15.7 Å². The number of piperidine rings is 1. The maximum Gasteiger partial charge on any atom is 0.331 e. The molecule has 1 amide bonds. The van der Waals surface area contributed by atoms with Crippen molar-refractivity contribution in [2.24, 2.45) is 7.05 Å². The molecule has 204 valence electrons. The topological polar surface area (TPSA) is 90.6 Å². The number of aromatic nitrogens is 3. The second-order valence-corrected chi connectivity index (χ2v) is 17.6. The van der Waals surface area contributed by atoms with Gasteiger partial charge in [-0.1, -0.05) is 31.2 Å². The summed E-state index contributed by atoms with van der Waals surface area (Å²) in [7, 11) is 0.513. The van der Waals surface area contributed by atoms with Gasteiger partial charge in [0.1, 0.15) is 19.1 Å². The van der Waals surface area contributed by atoms with Crippen molar-refractivity contribution in [2.45, 2.75) is 50.7 Å². The number of halogens is 1. The molecule has 38 heavy (non-hydrogen) atoms. The van der Waals surface area contributed by atoms with Crippen LogP contribution in [-0.4, -0.2) is 65.8 Å². The lowest BCUT2D eigenvalue weighted by atomic mass is 9.73. The van der Waals surface area contributed by atoms with Crippen molar-refractivity contribution in [1.82, 2.24) is 19.0 Å². The molecule has 2 aliphatic heterocycles. The van der Waals surface area contributed by atoms with Crippen LogP contribution in [0.25, 0.3) is 11.2 Å². The van der Waals surface area contributed by atoms with Crippen molar-refractivity contribution in [3.63, 3.8) is 0 Å². The van der Waals surface area contributed by atoms with E-state index in [4.69, 9.17) is 21.1 Å². The van der Waals surface area contributed by atoms with Crippen LogP contribution >= 0.6 is 11.6 Å². The first-order valence-corrected chi connectivity index (χ1v) is 17.3. The zero-order valence-corrected chi connectivity index (χ0v) is 24.3. The number of nitrogens with zero attached hydrogens (tertiary/aromatic N) is 4. The highest BCUT2D eigenvalue weighted by Gasteiger charge is 2.48. The van der Waals surface area contributed by atoms with Crippen LogP contribution in [0.2, 0.25) is 30.7 Å². The molecule has 2 aromatic heterocycles.